The van der Waals surface area contributed by atoms with Gasteiger partial charge in [0.05, 0.1) is 11.0 Å². The summed E-state index contributed by atoms with van der Waals surface area (Å²) in [5.74, 6) is 0.642. The standard InChI is InChI=1S/C30H34N8O2/c1-35-25-14-5-3-12-23(25)27(33-35)37(18-8-16-31)29(39)21-10-7-11-22(20-21)30(40)38(19-9-17-32)28-24-13-4-6-15-26(24)36(2)34-28/h3-7,10-15,20H,8-9,16-19,31-32H2,1-2H3. The Morgan fingerprint density at radius 3 is 1.52 bits per heavy atom. The molecule has 2 amide bonds. The molecular weight excluding hydrogens is 504 g/mol. The minimum atomic E-state index is -0.247. The topological polar surface area (TPSA) is 128 Å². The summed E-state index contributed by atoms with van der Waals surface area (Å²) in [5.41, 5.74) is 14.3. The number of aryl methyl sites for hydroxylation is 2. The summed E-state index contributed by atoms with van der Waals surface area (Å²) in [6.07, 6.45) is 1.21. The minimum Gasteiger partial charge on any atom is -0.330 e. The average Bonchev–Trinajstić information content (AvgIpc) is 3.50. The zero-order valence-electron chi connectivity index (χ0n) is 22.8. The summed E-state index contributed by atoms with van der Waals surface area (Å²) in [7, 11) is 3.71. The molecule has 3 aromatic carbocycles. The van der Waals surface area contributed by atoms with Crippen LogP contribution in [0.2, 0.25) is 0 Å². The highest BCUT2D eigenvalue weighted by atomic mass is 16.2. The molecule has 5 rings (SSSR count). The lowest BCUT2D eigenvalue weighted by atomic mass is 10.1. The maximum Gasteiger partial charge on any atom is 0.259 e. The molecule has 0 atom stereocenters. The van der Waals surface area contributed by atoms with E-state index in [9.17, 15) is 9.59 Å². The minimum absolute atomic E-state index is 0.247. The predicted molar refractivity (Wildman–Crippen MR) is 159 cm³/mol. The van der Waals surface area contributed by atoms with Gasteiger partial charge in [0, 0.05) is 49.1 Å². The number of nitrogens with two attached hydrogens (primary N) is 2. The highest BCUT2D eigenvalue weighted by molar-refractivity contribution is 6.13. The first-order valence-corrected chi connectivity index (χ1v) is 13.4. The van der Waals surface area contributed by atoms with Gasteiger partial charge in [-0.05, 0) is 68.4 Å². The number of para-hydroxylation sites is 2. The highest BCUT2D eigenvalue weighted by Crippen LogP contribution is 2.29. The Hall–Kier alpha value is -4.54. The molecule has 0 aliphatic rings. The number of benzene rings is 3. The van der Waals surface area contributed by atoms with E-state index in [4.69, 9.17) is 11.5 Å². The van der Waals surface area contributed by atoms with Crippen molar-refractivity contribution in [2.24, 2.45) is 25.6 Å². The third-order valence-corrected chi connectivity index (χ3v) is 7.01. The van der Waals surface area contributed by atoms with Gasteiger partial charge in [-0.25, -0.2) is 0 Å². The summed E-state index contributed by atoms with van der Waals surface area (Å²) in [5, 5.41) is 11.1. The van der Waals surface area contributed by atoms with Crippen LogP contribution in [-0.4, -0.2) is 57.6 Å². The maximum atomic E-state index is 13.9. The lowest BCUT2D eigenvalue weighted by molar-refractivity contribution is 0.0985. The van der Waals surface area contributed by atoms with Crippen molar-refractivity contribution in [1.29, 1.82) is 0 Å². The molecule has 0 spiro atoms. The normalized spacial score (nSPS) is 11.3. The molecule has 0 saturated heterocycles. The summed E-state index contributed by atoms with van der Waals surface area (Å²) >= 11 is 0. The van der Waals surface area contributed by atoms with Crippen LogP contribution in [0.5, 0.6) is 0 Å². The van der Waals surface area contributed by atoms with E-state index in [1.807, 2.05) is 62.6 Å². The summed E-state index contributed by atoms with van der Waals surface area (Å²) in [6.45, 7) is 1.66. The van der Waals surface area contributed by atoms with Crippen LogP contribution in [0.1, 0.15) is 33.6 Å². The number of fused-ring (bicyclic) bond motifs is 2. The zero-order chi connectivity index (χ0) is 28.2. The van der Waals surface area contributed by atoms with Gasteiger partial charge in [-0.3, -0.25) is 28.8 Å². The second-order valence-corrected chi connectivity index (χ2v) is 9.71. The van der Waals surface area contributed by atoms with Crippen LogP contribution < -0.4 is 21.3 Å². The van der Waals surface area contributed by atoms with E-state index in [2.05, 4.69) is 10.2 Å². The molecule has 0 fully saturated rings. The van der Waals surface area contributed by atoms with Crippen molar-refractivity contribution < 1.29 is 9.59 Å². The Morgan fingerprint density at radius 2 is 1.10 bits per heavy atom. The van der Waals surface area contributed by atoms with Gasteiger partial charge in [-0.1, -0.05) is 30.3 Å². The molecule has 5 aromatic rings. The van der Waals surface area contributed by atoms with Gasteiger partial charge >= 0.3 is 0 Å². The molecule has 40 heavy (non-hydrogen) atoms. The number of carbonyl (C=O) groups excluding carboxylic acids is 2. The first-order chi connectivity index (χ1) is 19.4. The van der Waals surface area contributed by atoms with Crippen LogP contribution in [0.3, 0.4) is 0 Å². The fraction of sp³-hybridized carbons (Fsp3) is 0.267. The fourth-order valence-corrected chi connectivity index (χ4v) is 4.99. The summed E-state index contributed by atoms with van der Waals surface area (Å²) in [6, 6.07) is 22.4. The lowest BCUT2D eigenvalue weighted by Crippen LogP contribution is -2.35. The van der Waals surface area contributed by atoms with Crippen LogP contribution in [-0.2, 0) is 14.1 Å². The van der Waals surface area contributed by atoms with Gasteiger partial charge < -0.3 is 11.5 Å². The smallest absolute Gasteiger partial charge is 0.259 e. The molecule has 0 aliphatic heterocycles. The molecule has 0 radical (unpaired) electrons. The van der Waals surface area contributed by atoms with Gasteiger partial charge in [-0.2, -0.15) is 10.2 Å². The molecule has 206 valence electrons. The average molecular weight is 539 g/mol. The Morgan fingerprint density at radius 1 is 0.675 bits per heavy atom. The molecule has 0 aliphatic carbocycles. The van der Waals surface area contributed by atoms with E-state index in [-0.39, 0.29) is 11.8 Å². The molecule has 10 nitrogen and oxygen atoms in total. The second-order valence-electron chi connectivity index (χ2n) is 9.71. The Bertz CT molecular complexity index is 1550. The maximum absolute atomic E-state index is 13.9. The zero-order valence-corrected chi connectivity index (χ0v) is 22.8. The third kappa shape index (κ3) is 5.06. The van der Waals surface area contributed by atoms with Crippen molar-refractivity contribution in [3.05, 3.63) is 83.9 Å². The van der Waals surface area contributed by atoms with Crippen molar-refractivity contribution >= 4 is 45.3 Å². The monoisotopic (exact) mass is 538 g/mol. The number of nitrogens with zero attached hydrogens (tertiary/aromatic N) is 6. The number of hydrogen-bond acceptors (Lipinski definition) is 6. The van der Waals surface area contributed by atoms with Crippen LogP contribution in [0.25, 0.3) is 21.8 Å². The van der Waals surface area contributed by atoms with Crippen LogP contribution in [0, 0.1) is 0 Å². The van der Waals surface area contributed by atoms with Crippen LogP contribution in [0.4, 0.5) is 11.6 Å². The number of carbonyl (C=O) groups is 2. The number of anilines is 2. The summed E-state index contributed by atoms with van der Waals surface area (Å²) in [4.78, 5) is 31.2. The van der Waals surface area contributed by atoms with Gasteiger partial charge in [0.2, 0.25) is 0 Å². The number of rotatable bonds is 10. The van der Waals surface area contributed by atoms with E-state index < -0.39 is 0 Å². The molecule has 4 N–H and O–H groups in total. The molecular formula is C30H34N8O2. The van der Waals surface area contributed by atoms with Gasteiger partial charge in [-0.15, -0.1) is 0 Å². The largest absolute Gasteiger partial charge is 0.330 e. The Balaban J connectivity index is 1.52. The third-order valence-electron chi connectivity index (χ3n) is 7.01. The van der Waals surface area contributed by atoms with E-state index in [1.54, 1.807) is 43.4 Å². The van der Waals surface area contributed by atoms with Crippen molar-refractivity contribution in [2.45, 2.75) is 12.8 Å². The lowest BCUT2D eigenvalue weighted by Gasteiger charge is -2.23. The van der Waals surface area contributed by atoms with Gasteiger partial charge in [0.15, 0.2) is 11.6 Å². The number of hydrogen-bond donors (Lipinski definition) is 2. The van der Waals surface area contributed by atoms with E-state index >= 15 is 0 Å². The van der Waals surface area contributed by atoms with Crippen molar-refractivity contribution in [3.8, 4) is 0 Å². The molecule has 0 unspecified atom stereocenters. The molecule has 0 bridgehead atoms. The Kier molecular flexibility index (Phi) is 7.90. The number of aromatic nitrogens is 4. The number of amides is 2. The SMILES string of the molecule is Cn1nc(N(CCCN)C(=O)c2cccc(C(=O)N(CCCN)c3nn(C)c4ccccc34)c2)c2ccccc21. The van der Waals surface area contributed by atoms with Crippen LogP contribution in [0.15, 0.2) is 72.8 Å². The van der Waals surface area contributed by atoms with Crippen molar-refractivity contribution in [1.82, 2.24) is 19.6 Å². The van der Waals surface area contributed by atoms with Crippen LogP contribution >= 0.6 is 0 Å². The quantitative estimate of drug-likeness (QED) is 0.280. The van der Waals surface area contributed by atoms with E-state index in [1.165, 1.54) is 0 Å². The fourth-order valence-electron chi connectivity index (χ4n) is 4.99. The van der Waals surface area contributed by atoms with Gasteiger partial charge in [0.1, 0.15) is 0 Å². The molecule has 0 saturated carbocycles. The highest BCUT2D eigenvalue weighted by Gasteiger charge is 2.26. The van der Waals surface area contributed by atoms with E-state index in [0.29, 0.717) is 61.8 Å². The first kappa shape index (κ1) is 27.0. The van der Waals surface area contributed by atoms with E-state index in [0.717, 1.165) is 21.8 Å². The molecule has 2 heterocycles. The Labute approximate surface area is 232 Å². The summed E-state index contributed by atoms with van der Waals surface area (Å²) < 4.78 is 3.53. The van der Waals surface area contributed by atoms with Crippen molar-refractivity contribution in [3.63, 3.8) is 0 Å². The second kappa shape index (κ2) is 11.7. The molecule has 10 heteroatoms. The predicted octanol–water partition coefficient (Wildman–Crippen LogP) is 3.45. The molecule has 2 aromatic heterocycles. The first-order valence-electron chi connectivity index (χ1n) is 13.4. The van der Waals surface area contributed by atoms with Crippen molar-refractivity contribution in [2.75, 3.05) is 36.0 Å². The van der Waals surface area contributed by atoms with Gasteiger partial charge in [0.25, 0.3) is 11.8 Å².